The van der Waals surface area contributed by atoms with Crippen LogP contribution in [0.5, 0.6) is 0 Å². The lowest BCUT2D eigenvalue weighted by Gasteiger charge is -2.33. The lowest BCUT2D eigenvalue weighted by molar-refractivity contribution is -0.129. The number of ether oxygens (including phenoxy) is 2. The highest BCUT2D eigenvalue weighted by atomic mass is 16.5. The third-order valence-electron chi connectivity index (χ3n) is 4.38. The third kappa shape index (κ3) is 3.78. The van der Waals surface area contributed by atoms with Crippen LogP contribution in [0.25, 0.3) is 10.9 Å². The number of para-hydroxylation sites is 1. The van der Waals surface area contributed by atoms with Gasteiger partial charge in [0, 0.05) is 19.0 Å². The van der Waals surface area contributed by atoms with E-state index in [9.17, 15) is 9.59 Å². The summed E-state index contributed by atoms with van der Waals surface area (Å²) in [5, 5.41) is 0.971. The maximum Gasteiger partial charge on any atom is 0.272 e. The second kappa shape index (κ2) is 7.16. The summed E-state index contributed by atoms with van der Waals surface area (Å²) in [6.45, 7) is 1.20. The Morgan fingerprint density at radius 2 is 2.12 bits per heavy atom. The van der Waals surface area contributed by atoms with Gasteiger partial charge in [0.15, 0.2) is 0 Å². The fourth-order valence-corrected chi connectivity index (χ4v) is 3.05. The van der Waals surface area contributed by atoms with E-state index in [1.54, 1.807) is 11.0 Å². The number of fused-ring (bicyclic) bond motifs is 1. The van der Waals surface area contributed by atoms with Crippen LogP contribution in [-0.4, -0.2) is 60.7 Å². The summed E-state index contributed by atoms with van der Waals surface area (Å²) in [5.41, 5.74) is 5.51. The highest BCUT2D eigenvalue weighted by molar-refractivity contribution is 5.95. The van der Waals surface area contributed by atoms with Gasteiger partial charge < -0.3 is 20.1 Å². The fourth-order valence-electron chi connectivity index (χ4n) is 3.05. The number of nitrogens with two attached hydrogens (primary N) is 1. The Kier molecular flexibility index (Phi) is 4.96. The Morgan fingerprint density at radius 1 is 1.32 bits per heavy atom. The van der Waals surface area contributed by atoms with E-state index < -0.39 is 11.5 Å². The molecule has 2 heterocycles. The van der Waals surface area contributed by atoms with Gasteiger partial charge in [-0.1, -0.05) is 24.3 Å². The zero-order valence-corrected chi connectivity index (χ0v) is 14.1. The molecule has 1 fully saturated rings. The van der Waals surface area contributed by atoms with E-state index >= 15 is 0 Å². The Labute approximate surface area is 145 Å². The molecule has 0 saturated carbocycles. The van der Waals surface area contributed by atoms with E-state index in [1.807, 2.05) is 30.3 Å². The molecule has 2 amide bonds. The summed E-state index contributed by atoms with van der Waals surface area (Å²) in [4.78, 5) is 30.4. The number of carbonyl (C=O) groups excluding carboxylic acids is 2. The maximum absolute atomic E-state index is 12.9. The number of benzene rings is 1. The number of rotatable bonds is 4. The largest absolute Gasteiger partial charge is 0.377 e. The molecule has 1 unspecified atom stereocenters. The predicted octanol–water partition coefficient (Wildman–Crippen LogP) is 0.968. The van der Waals surface area contributed by atoms with Gasteiger partial charge in [-0.3, -0.25) is 9.59 Å². The van der Waals surface area contributed by atoms with Gasteiger partial charge in [-0.25, -0.2) is 4.98 Å². The van der Waals surface area contributed by atoms with Crippen LogP contribution < -0.4 is 5.73 Å². The topological polar surface area (TPSA) is 94.7 Å². The molecule has 132 valence electrons. The van der Waals surface area contributed by atoms with Crippen LogP contribution in [0.4, 0.5) is 0 Å². The monoisotopic (exact) mass is 343 g/mol. The number of carbonyl (C=O) groups is 2. The highest BCUT2D eigenvalue weighted by Gasteiger charge is 2.38. The molecule has 7 nitrogen and oxygen atoms in total. The van der Waals surface area contributed by atoms with Crippen molar-refractivity contribution in [2.45, 2.75) is 12.0 Å². The molecular weight excluding hydrogens is 322 g/mol. The number of methoxy groups -OCH3 is 1. The normalized spacial score (nSPS) is 21.1. The van der Waals surface area contributed by atoms with Gasteiger partial charge in [-0.2, -0.15) is 0 Å². The lowest BCUT2D eigenvalue weighted by Crippen LogP contribution is -2.50. The van der Waals surface area contributed by atoms with E-state index in [0.29, 0.717) is 18.8 Å². The summed E-state index contributed by atoms with van der Waals surface area (Å²) in [5.74, 6) is -0.717. The summed E-state index contributed by atoms with van der Waals surface area (Å²) >= 11 is 0. The Hall–Kier alpha value is -2.51. The molecule has 1 aliphatic heterocycles. The minimum Gasteiger partial charge on any atom is -0.377 e. The van der Waals surface area contributed by atoms with Gasteiger partial charge in [0.25, 0.3) is 5.91 Å². The lowest BCUT2D eigenvalue weighted by atomic mass is 9.99. The second-order valence-corrected chi connectivity index (χ2v) is 6.20. The van der Waals surface area contributed by atoms with Crippen LogP contribution >= 0.6 is 0 Å². The van der Waals surface area contributed by atoms with Gasteiger partial charge in [-0.05, 0) is 12.1 Å². The van der Waals surface area contributed by atoms with Crippen molar-refractivity contribution in [2.24, 2.45) is 5.73 Å². The number of amides is 2. The SMILES string of the molecule is COC1(CC(N)=O)COCCN(C(=O)c2ccc3ccccc3n2)C1. The minimum atomic E-state index is -0.936. The van der Waals surface area contributed by atoms with Crippen molar-refractivity contribution in [2.75, 3.05) is 33.4 Å². The molecule has 1 aromatic carbocycles. The number of pyridine rings is 1. The highest BCUT2D eigenvalue weighted by Crippen LogP contribution is 2.22. The molecular formula is C18H21N3O4. The van der Waals surface area contributed by atoms with Crippen LogP contribution in [0.15, 0.2) is 36.4 Å². The maximum atomic E-state index is 12.9. The number of nitrogens with zero attached hydrogens (tertiary/aromatic N) is 2. The summed E-state index contributed by atoms with van der Waals surface area (Å²) in [6.07, 6.45) is -0.0154. The fraction of sp³-hybridized carbons (Fsp3) is 0.389. The quantitative estimate of drug-likeness (QED) is 0.892. The van der Waals surface area contributed by atoms with Crippen molar-refractivity contribution in [3.8, 4) is 0 Å². The van der Waals surface area contributed by atoms with Crippen LogP contribution in [0, 0.1) is 0 Å². The standard InChI is InChI=1S/C18H21N3O4/c1-24-18(10-16(19)22)11-21(8-9-25-12-18)17(23)15-7-6-13-4-2-3-5-14(13)20-15/h2-7H,8-12H2,1H3,(H2,19,22). The molecule has 1 aromatic heterocycles. The van der Waals surface area contributed by atoms with E-state index in [-0.39, 0.29) is 25.5 Å². The van der Waals surface area contributed by atoms with E-state index in [1.165, 1.54) is 7.11 Å². The molecule has 0 bridgehead atoms. The molecule has 1 atom stereocenters. The number of hydrogen-bond acceptors (Lipinski definition) is 5. The van der Waals surface area contributed by atoms with Crippen molar-refractivity contribution in [3.05, 3.63) is 42.1 Å². The van der Waals surface area contributed by atoms with Gasteiger partial charge >= 0.3 is 0 Å². The smallest absolute Gasteiger partial charge is 0.272 e. The molecule has 0 aliphatic carbocycles. The van der Waals surface area contributed by atoms with Gasteiger partial charge in [0.05, 0.1) is 31.7 Å². The molecule has 7 heteroatoms. The minimum absolute atomic E-state index is 0.0154. The molecule has 1 aliphatic rings. The van der Waals surface area contributed by atoms with Gasteiger partial charge in [0.1, 0.15) is 11.3 Å². The van der Waals surface area contributed by atoms with Gasteiger partial charge in [0.2, 0.25) is 5.91 Å². The van der Waals surface area contributed by atoms with E-state index in [0.717, 1.165) is 10.9 Å². The summed E-state index contributed by atoms with van der Waals surface area (Å²) < 4.78 is 11.1. The Balaban J connectivity index is 1.87. The predicted molar refractivity (Wildman–Crippen MR) is 92.0 cm³/mol. The van der Waals surface area contributed by atoms with Crippen LogP contribution in [0.1, 0.15) is 16.9 Å². The van der Waals surface area contributed by atoms with Crippen LogP contribution in [-0.2, 0) is 14.3 Å². The van der Waals surface area contributed by atoms with Crippen LogP contribution in [0.2, 0.25) is 0 Å². The van der Waals surface area contributed by atoms with Crippen molar-refractivity contribution >= 4 is 22.7 Å². The Bertz CT molecular complexity index is 795. The zero-order valence-electron chi connectivity index (χ0n) is 14.1. The molecule has 2 aromatic rings. The molecule has 2 N–H and O–H groups in total. The molecule has 3 rings (SSSR count). The molecule has 0 radical (unpaired) electrons. The van der Waals surface area contributed by atoms with Crippen molar-refractivity contribution in [3.63, 3.8) is 0 Å². The Morgan fingerprint density at radius 3 is 2.88 bits per heavy atom. The number of hydrogen-bond donors (Lipinski definition) is 1. The average Bonchev–Trinajstić information content (AvgIpc) is 2.83. The molecule has 1 saturated heterocycles. The third-order valence-corrected chi connectivity index (χ3v) is 4.38. The first kappa shape index (κ1) is 17.3. The van der Waals surface area contributed by atoms with Crippen molar-refractivity contribution in [1.29, 1.82) is 0 Å². The molecule has 0 spiro atoms. The van der Waals surface area contributed by atoms with E-state index in [2.05, 4.69) is 4.98 Å². The summed E-state index contributed by atoms with van der Waals surface area (Å²) in [7, 11) is 1.49. The number of primary amides is 1. The first-order chi connectivity index (χ1) is 12.0. The second-order valence-electron chi connectivity index (χ2n) is 6.20. The van der Waals surface area contributed by atoms with E-state index in [4.69, 9.17) is 15.2 Å². The first-order valence-electron chi connectivity index (χ1n) is 8.09. The zero-order chi connectivity index (χ0) is 17.9. The van der Waals surface area contributed by atoms with Gasteiger partial charge in [-0.15, -0.1) is 0 Å². The molecule has 25 heavy (non-hydrogen) atoms. The van der Waals surface area contributed by atoms with Crippen LogP contribution in [0.3, 0.4) is 0 Å². The van der Waals surface area contributed by atoms with Crippen molar-refractivity contribution < 1.29 is 19.1 Å². The summed E-state index contributed by atoms with van der Waals surface area (Å²) in [6, 6.07) is 11.2. The van der Waals surface area contributed by atoms with Crippen molar-refractivity contribution in [1.82, 2.24) is 9.88 Å². The first-order valence-corrected chi connectivity index (χ1v) is 8.09. The average molecular weight is 343 g/mol. The number of aromatic nitrogens is 1.